The van der Waals surface area contributed by atoms with Crippen molar-refractivity contribution in [1.82, 2.24) is 14.1 Å². The highest BCUT2D eigenvalue weighted by Gasteiger charge is 2.36. The van der Waals surface area contributed by atoms with Gasteiger partial charge in [0.05, 0.1) is 18.9 Å². The molecule has 21 heavy (non-hydrogen) atoms. The van der Waals surface area contributed by atoms with Gasteiger partial charge in [-0.2, -0.15) is 9.40 Å². The first-order valence-corrected chi connectivity index (χ1v) is 8.79. The van der Waals surface area contributed by atoms with Crippen LogP contribution in [-0.4, -0.2) is 54.3 Å². The van der Waals surface area contributed by atoms with E-state index in [1.165, 1.54) is 6.20 Å². The maximum atomic E-state index is 12.8. The molecule has 2 heterocycles. The van der Waals surface area contributed by atoms with Crippen molar-refractivity contribution in [3.05, 3.63) is 12.4 Å². The molecule has 7 nitrogen and oxygen atoms in total. The smallest absolute Gasteiger partial charge is 0.246 e. The highest BCUT2D eigenvalue weighted by atomic mass is 32.2. The van der Waals surface area contributed by atoms with Gasteiger partial charge in [-0.1, -0.05) is 6.92 Å². The molecular formula is C13H24N4O3S. The van der Waals surface area contributed by atoms with Crippen molar-refractivity contribution >= 4 is 10.0 Å². The van der Waals surface area contributed by atoms with Crippen LogP contribution in [0.15, 0.2) is 17.3 Å². The van der Waals surface area contributed by atoms with E-state index in [0.717, 1.165) is 12.8 Å². The summed E-state index contributed by atoms with van der Waals surface area (Å²) >= 11 is 0. The van der Waals surface area contributed by atoms with E-state index < -0.39 is 10.0 Å². The van der Waals surface area contributed by atoms with E-state index in [-0.39, 0.29) is 17.0 Å². The van der Waals surface area contributed by atoms with E-state index in [4.69, 9.17) is 10.5 Å². The molecule has 0 radical (unpaired) electrons. The Hall–Kier alpha value is -0.960. The summed E-state index contributed by atoms with van der Waals surface area (Å²) in [5.74, 6) is 0. The minimum Gasteiger partial charge on any atom is -0.375 e. The molecule has 1 aliphatic rings. The van der Waals surface area contributed by atoms with Crippen LogP contribution in [0.4, 0.5) is 0 Å². The van der Waals surface area contributed by atoms with Gasteiger partial charge in [0.25, 0.3) is 0 Å². The second kappa shape index (κ2) is 6.87. The Kier molecular flexibility index (Phi) is 5.37. The van der Waals surface area contributed by atoms with Crippen LogP contribution >= 0.6 is 0 Å². The van der Waals surface area contributed by atoms with E-state index in [0.29, 0.717) is 26.2 Å². The number of nitrogens with zero attached hydrogens (tertiary/aromatic N) is 3. The van der Waals surface area contributed by atoms with Crippen molar-refractivity contribution in [3.8, 4) is 0 Å². The maximum Gasteiger partial charge on any atom is 0.246 e. The minimum atomic E-state index is -3.52. The van der Waals surface area contributed by atoms with Crippen LogP contribution in [0.25, 0.3) is 0 Å². The molecule has 2 atom stereocenters. The quantitative estimate of drug-likeness (QED) is 0.821. The van der Waals surface area contributed by atoms with Gasteiger partial charge in [-0.15, -0.1) is 0 Å². The number of rotatable bonds is 6. The van der Waals surface area contributed by atoms with Crippen LogP contribution in [-0.2, 0) is 21.3 Å². The van der Waals surface area contributed by atoms with Gasteiger partial charge in [-0.3, -0.25) is 4.68 Å². The van der Waals surface area contributed by atoms with E-state index >= 15 is 0 Å². The van der Waals surface area contributed by atoms with Crippen LogP contribution in [0.3, 0.4) is 0 Å². The average Bonchev–Trinajstić information content (AvgIpc) is 2.94. The lowest BCUT2D eigenvalue weighted by atomic mass is 10.2. The SMILES string of the molecule is CCC1COC(C)CN1S(=O)(=O)c1cnn(CCCN)c1. The molecule has 0 amide bonds. The van der Waals surface area contributed by atoms with Crippen LogP contribution in [0.1, 0.15) is 26.7 Å². The van der Waals surface area contributed by atoms with Gasteiger partial charge in [0.15, 0.2) is 0 Å². The zero-order valence-corrected chi connectivity index (χ0v) is 13.4. The van der Waals surface area contributed by atoms with E-state index in [9.17, 15) is 8.42 Å². The molecule has 0 aliphatic carbocycles. The van der Waals surface area contributed by atoms with Crippen LogP contribution < -0.4 is 5.73 Å². The van der Waals surface area contributed by atoms with Crippen molar-refractivity contribution in [1.29, 1.82) is 0 Å². The Labute approximate surface area is 126 Å². The fourth-order valence-corrected chi connectivity index (χ4v) is 4.13. The Morgan fingerprint density at radius 1 is 1.52 bits per heavy atom. The molecule has 0 saturated carbocycles. The summed E-state index contributed by atoms with van der Waals surface area (Å²) in [6, 6.07) is -0.112. The van der Waals surface area contributed by atoms with Gasteiger partial charge in [-0.25, -0.2) is 8.42 Å². The summed E-state index contributed by atoms with van der Waals surface area (Å²) in [5.41, 5.74) is 5.46. The molecule has 2 rings (SSSR count). The summed E-state index contributed by atoms with van der Waals surface area (Å²) < 4.78 is 34.3. The first kappa shape index (κ1) is 16.4. The molecule has 1 aromatic heterocycles. The summed E-state index contributed by atoms with van der Waals surface area (Å²) in [7, 11) is -3.52. The summed E-state index contributed by atoms with van der Waals surface area (Å²) in [5, 5.41) is 4.11. The summed E-state index contributed by atoms with van der Waals surface area (Å²) in [4.78, 5) is 0.243. The van der Waals surface area contributed by atoms with Crippen molar-refractivity contribution in [3.63, 3.8) is 0 Å². The molecule has 2 unspecified atom stereocenters. The van der Waals surface area contributed by atoms with Gasteiger partial charge >= 0.3 is 0 Å². The van der Waals surface area contributed by atoms with E-state index in [2.05, 4.69) is 5.10 Å². The Bertz CT molecular complexity index is 558. The maximum absolute atomic E-state index is 12.8. The van der Waals surface area contributed by atoms with Gasteiger partial charge in [0.1, 0.15) is 4.90 Å². The molecule has 0 bridgehead atoms. The topological polar surface area (TPSA) is 90.5 Å². The number of aryl methyl sites for hydroxylation is 1. The third-order valence-corrected chi connectivity index (χ3v) is 5.57. The molecular weight excluding hydrogens is 292 g/mol. The summed E-state index contributed by atoms with van der Waals surface area (Å²) in [6.07, 6.45) is 4.41. The lowest BCUT2D eigenvalue weighted by molar-refractivity contribution is -0.0230. The largest absolute Gasteiger partial charge is 0.375 e. The molecule has 1 aromatic rings. The lowest BCUT2D eigenvalue weighted by Crippen LogP contribution is -2.51. The molecule has 0 spiro atoms. The summed E-state index contributed by atoms with van der Waals surface area (Å²) in [6.45, 7) is 5.87. The molecule has 0 aromatic carbocycles. The number of aromatic nitrogens is 2. The molecule has 1 aliphatic heterocycles. The average molecular weight is 316 g/mol. The van der Waals surface area contributed by atoms with Crippen LogP contribution in [0.2, 0.25) is 0 Å². The number of nitrogens with two attached hydrogens (primary N) is 1. The van der Waals surface area contributed by atoms with Gasteiger partial charge in [0, 0.05) is 25.3 Å². The second-order valence-corrected chi connectivity index (χ2v) is 7.25. The van der Waals surface area contributed by atoms with Gasteiger partial charge in [-0.05, 0) is 26.3 Å². The molecule has 1 saturated heterocycles. The third-order valence-electron chi connectivity index (χ3n) is 3.70. The van der Waals surface area contributed by atoms with Crippen molar-refractivity contribution in [2.24, 2.45) is 5.73 Å². The van der Waals surface area contributed by atoms with Crippen LogP contribution in [0, 0.1) is 0 Å². The molecule has 120 valence electrons. The highest BCUT2D eigenvalue weighted by Crippen LogP contribution is 2.23. The number of hydrogen-bond donors (Lipinski definition) is 1. The molecule has 1 fully saturated rings. The molecule has 8 heteroatoms. The van der Waals surface area contributed by atoms with E-state index in [1.54, 1.807) is 15.2 Å². The normalized spacial score (nSPS) is 24.3. The predicted molar refractivity (Wildman–Crippen MR) is 79.3 cm³/mol. The minimum absolute atomic E-state index is 0.0881. The monoisotopic (exact) mass is 316 g/mol. The predicted octanol–water partition coefficient (Wildman–Crippen LogP) is 0.420. The Morgan fingerprint density at radius 2 is 2.29 bits per heavy atom. The number of hydrogen-bond acceptors (Lipinski definition) is 5. The van der Waals surface area contributed by atoms with Crippen molar-refractivity contribution in [2.75, 3.05) is 19.7 Å². The number of sulfonamides is 1. The highest BCUT2D eigenvalue weighted by molar-refractivity contribution is 7.89. The number of ether oxygens (including phenoxy) is 1. The standard InChI is InChI=1S/C13H24N4O3S/c1-3-12-10-20-11(2)8-17(12)21(18,19)13-7-15-16(9-13)6-4-5-14/h7,9,11-12H,3-6,8,10,14H2,1-2H3. The number of morpholine rings is 1. The fraction of sp³-hybridized carbons (Fsp3) is 0.769. The zero-order valence-electron chi connectivity index (χ0n) is 12.6. The molecule has 2 N–H and O–H groups in total. The first-order valence-electron chi connectivity index (χ1n) is 7.35. The lowest BCUT2D eigenvalue weighted by Gasteiger charge is -2.36. The van der Waals surface area contributed by atoms with Gasteiger partial charge in [0.2, 0.25) is 10.0 Å². The van der Waals surface area contributed by atoms with Crippen molar-refractivity contribution in [2.45, 2.75) is 50.3 Å². The Balaban J connectivity index is 2.21. The third kappa shape index (κ3) is 3.63. The Morgan fingerprint density at radius 3 is 2.95 bits per heavy atom. The van der Waals surface area contributed by atoms with E-state index in [1.807, 2.05) is 13.8 Å². The second-order valence-electron chi connectivity index (χ2n) is 5.36. The van der Waals surface area contributed by atoms with Crippen molar-refractivity contribution < 1.29 is 13.2 Å². The fourth-order valence-electron chi connectivity index (χ4n) is 2.42. The van der Waals surface area contributed by atoms with Crippen LogP contribution in [0.5, 0.6) is 0 Å². The zero-order chi connectivity index (χ0) is 15.5. The first-order chi connectivity index (χ1) is 9.98. The van der Waals surface area contributed by atoms with Gasteiger partial charge < -0.3 is 10.5 Å².